The molecule has 2 fully saturated rings. The van der Waals surface area contributed by atoms with Crippen LogP contribution in [0.15, 0.2) is 70.9 Å². The molecular weight excluding hydrogens is 564 g/mol. The molecule has 0 heterocycles. The Hall–Kier alpha value is -3.67. The smallest absolute Gasteiger partial charge is 0.184 e. The average Bonchev–Trinajstić information content (AvgIpc) is 2.91. The lowest BCUT2D eigenvalue weighted by Crippen LogP contribution is -2.69. The van der Waals surface area contributed by atoms with Gasteiger partial charge in [-0.2, -0.15) is 0 Å². The Bertz CT molecular complexity index is 1490. The first kappa shape index (κ1) is 37.5. The van der Waals surface area contributed by atoms with Crippen LogP contribution in [-0.4, -0.2) is 32.7 Å². The molecule has 0 aliphatic heterocycles. The second-order valence-electron chi connectivity index (χ2n) is 14.3. The number of hydrogen-bond acceptors (Lipinski definition) is 6. The zero-order valence-electron chi connectivity index (χ0n) is 27.9. The summed E-state index contributed by atoms with van der Waals surface area (Å²) in [6, 6.07) is 3.65. The van der Waals surface area contributed by atoms with Crippen molar-refractivity contribution in [3.05, 3.63) is 76.4 Å². The number of aliphatic hydroxyl groups is 1. The fraction of sp³-hybridized carbons (Fsp3) is 0.513. The van der Waals surface area contributed by atoms with Crippen molar-refractivity contribution in [1.29, 1.82) is 0 Å². The number of fused-ring (bicyclic) bond motifs is 2. The third kappa shape index (κ3) is 6.66. The van der Waals surface area contributed by atoms with E-state index in [1.807, 2.05) is 68.4 Å². The molecule has 3 rings (SSSR count). The van der Waals surface area contributed by atoms with Crippen molar-refractivity contribution in [3.8, 4) is 11.5 Å². The first-order valence-corrected chi connectivity index (χ1v) is 15.5. The van der Waals surface area contributed by atoms with E-state index in [9.17, 15) is 24.9 Å². The summed E-state index contributed by atoms with van der Waals surface area (Å²) in [7, 11) is 0. The van der Waals surface area contributed by atoms with Crippen LogP contribution in [0.25, 0.3) is 5.76 Å². The van der Waals surface area contributed by atoms with Crippen molar-refractivity contribution < 1.29 is 29.7 Å². The van der Waals surface area contributed by atoms with Crippen LogP contribution in [-0.2, 0) is 14.4 Å². The zero-order chi connectivity index (χ0) is 33.4. The Kier molecular flexibility index (Phi) is 11.5. The normalized spacial score (nSPS) is 25.4. The maximum atomic E-state index is 15.2. The number of rotatable bonds is 10. The lowest BCUT2D eigenvalue weighted by molar-refractivity contribution is -0.177. The Morgan fingerprint density at radius 2 is 1.49 bits per heavy atom. The minimum absolute atomic E-state index is 0. The molecule has 3 N–H and O–H groups in total. The second kappa shape index (κ2) is 13.8. The quantitative estimate of drug-likeness (QED) is 0.0601. The SMILES string of the molecule is C.C=C(C)[C@@H](CC=C(C)C)C[C@@]12C[C@@H](CC=C(C)C)C(C)(C)[C@@](CC=C(C)C)(C(=O)C(=C(O)c3ccc(O)c(O)c3)C1=O)C2=O. The molecule has 6 heteroatoms. The van der Waals surface area contributed by atoms with Crippen molar-refractivity contribution >= 4 is 23.1 Å². The molecule has 45 heavy (non-hydrogen) atoms. The second-order valence-corrected chi connectivity index (χ2v) is 14.3. The van der Waals surface area contributed by atoms with E-state index in [1.54, 1.807) is 0 Å². The Balaban J connectivity index is 0.00000705. The summed E-state index contributed by atoms with van der Waals surface area (Å²) in [5.41, 5.74) is -0.453. The molecule has 1 aromatic rings. The molecule has 0 unspecified atom stereocenters. The van der Waals surface area contributed by atoms with Crippen LogP contribution in [0.2, 0.25) is 0 Å². The molecule has 0 spiro atoms. The Morgan fingerprint density at radius 1 is 0.911 bits per heavy atom. The average molecular weight is 619 g/mol. The Morgan fingerprint density at radius 3 is 2.00 bits per heavy atom. The van der Waals surface area contributed by atoms with Crippen LogP contribution in [0.1, 0.15) is 107 Å². The van der Waals surface area contributed by atoms with Crippen molar-refractivity contribution in [2.45, 2.75) is 102 Å². The number of hydrogen-bond donors (Lipinski definition) is 3. The molecule has 1 aromatic carbocycles. The molecule has 2 bridgehead atoms. The summed E-state index contributed by atoms with van der Waals surface area (Å²) in [5, 5.41) is 31.7. The predicted octanol–water partition coefficient (Wildman–Crippen LogP) is 9.39. The number of phenols is 2. The van der Waals surface area contributed by atoms with Gasteiger partial charge in [0.15, 0.2) is 28.8 Å². The number of benzene rings is 1. The first-order chi connectivity index (χ1) is 20.3. The minimum Gasteiger partial charge on any atom is -0.506 e. The number of aliphatic hydroxyl groups excluding tert-OH is 1. The van der Waals surface area contributed by atoms with E-state index < -0.39 is 50.6 Å². The summed E-state index contributed by atoms with van der Waals surface area (Å²) >= 11 is 0. The van der Waals surface area contributed by atoms with Gasteiger partial charge in [-0.15, -0.1) is 0 Å². The highest BCUT2D eigenvalue weighted by molar-refractivity contribution is 6.41. The summed E-state index contributed by atoms with van der Waals surface area (Å²) < 4.78 is 0. The molecule has 246 valence electrons. The van der Waals surface area contributed by atoms with Crippen LogP contribution in [0.5, 0.6) is 11.5 Å². The molecule has 0 aromatic heterocycles. The van der Waals surface area contributed by atoms with E-state index in [-0.39, 0.29) is 49.9 Å². The molecule has 0 amide bonds. The highest BCUT2D eigenvalue weighted by atomic mass is 16.3. The maximum absolute atomic E-state index is 15.2. The molecular formula is C39H54O6. The molecule has 6 nitrogen and oxygen atoms in total. The van der Waals surface area contributed by atoms with E-state index in [1.165, 1.54) is 12.1 Å². The third-order valence-corrected chi connectivity index (χ3v) is 10.0. The van der Waals surface area contributed by atoms with E-state index in [4.69, 9.17) is 0 Å². The summed E-state index contributed by atoms with van der Waals surface area (Å²) in [6.45, 7) is 21.9. The molecule has 0 radical (unpaired) electrons. The zero-order valence-corrected chi connectivity index (χ0v) is 27.9. The number of ketones is 3. The van der Waals surface area contributed by atoms with E-state index in [0.29, 0.717) is 12.8 Å². The highest BCUT2D eigenvalue weighted by Crippen LogP contribution is 2.66. The van der Waals surface area contributed by atoms with Gasteiger partial charge in [0.1, 0.15) is 16.7 Å². The van der Waals surface area contributed by atoms with Gasteiger partial charge in [-0.1, -0.05) is 68.4 Å². The van der Waals surface area contributed by atoms with Crippen LogP contribution in [0.4, 0.5) is 0 Å². The number of phenolic OH excluding ortho intramolecular Hbond substituents is 2. The fourth-order valence-electron chi connectivity index (χ4n) is 7.08. The van der Waals surface area contributed by atoms with E-state index in [2.05, 4.69) is 18.7 Å². The maximum Gasteiger partial charge on any atom is 0.184 e. The van der Waals surface area contributed by atoms with Gasteiger partial charge in [0.2, 0.25) is 0 Å². The number of carbonyl (C=O) groups is 3. The molecule has 2 aliphatic rings. The van der Waals surface area contributed by atoms with Crippen LogP contribution < -0.4 is 0 Å². The lowest BCUT2D eigenvalue weighted by atomic mass is 9.38. The summed E-state index contributed by atoms with van der Waals surface area (Å²) in [4.78, 5) is 44.9. The third-order valence-electron chi connectivity index (χ3n) is 10.0. The van der Waals surface area contributed by atoms with Crippen molar-refractivity contribution in [2.24, 2.45) is 28.1 Å². The minimum atomic E-state index is -1.62. The first-order valence-electron chi connectivity index (χ1n) is 15.5. The standard InChI is InChI=1S/C38H50O6.CH4/c1-22(2)11-13-27(25(7)8)20-37-21-28(15-12-23(3)4)36(9,10)38(35(37)44,18-17-24(5)6)34(43)31(33(37)42)32(41)26-14-16-29(39)30(40)19-26;/h11-12,14,16-17,19,27-28,39-41H,7,13,15,18,20-21H2,1-6,8-10H3;1H4/t27-,28+,37+,38-;/m0./s1. The molecule has 0 saturated heterocycles. The highest BCUT2D eigenvalue weighted by Gasteiger charge is 2.74. The monoisotopic (exact) mass is 618 g/mol. The van der Waals surface area contributed by atoms with Crippen LogP contribution in [0.3, 0.4) is 0 Å². The van der Waals surface area contributed by atoms with Crippen molar-refractivity contribution in [3.63, 3.8) is 0 Å². The largest absolute Gasteiger partial charge is 0.506 e. The van der Waals surface area contributed by atoms with Gasteiger partial charge in [-0.05, 0) is 116 Å². The molecule has 2 aliphatic carbocycles. The van der Waals surface area contributed by atoms with Crippen molar-refractivity contribution in [2.75, 3.05) is 0 Å². The van der Waals surface area contributed by atoms with Crippen molar-refractivity contribution in [1.82, 2.24) is 0 Å². The van der Waals surface area contributed by atoms with Gasteiger partial charge in [-0.25, -0.2) is 0 Å². The van der Waals surface area contributed by atoms with Gasteiger partial charge in [0.25, 0.3) is 0 Å². The predicted molar refractivity (Wildman–Crippen MR) is 183 cm³/mol. The number of Topliss-reactive ketones (excluding diaryl/α,β-unsaturated/α-hetero) is 3. The van der Waals surface area contributed by atoms with Gasteiger partial charge < -0.3 is 15.3 Å². The fourth-order valence-corrected chi connectivity index (χ4v) is 7.08. The van der Waals surface area contributed by atoms with E-state index in [0.717, 1.165) is 28.4 Å². The number of carbonyl (C=O) groups excluding carboxylic acids is 3. The van der Waals surface area contributed by atoms with Crippen LogP contribution in [0, 0.1) is 28.1 Å². The lowest BCUT2D eigenvalue weighted by Gasteiger charge is -2.60. The molecule has 4 atom stereocenters. The van der Waals surface area contributed by atoms with Gasteiger partial charge in [-0.3, -0.25) is 14.4 Å². The van der Waals surface area contributed by atoms with Gasteiger partial charge >= 0.3 is 0 Å². The topological polar surface area (TPSA) is 112 Å². The van der Waals surface area contributed by atoms with E-state index >= 15 is 4.79 Å². The summed E-state index contributed by atoms with van der Waals surface area (Å²) in [5.74, 6) is -3.61. The van der Waals surface area contributed by atoms with Crippen LogP contribution >= 0.6 is 0 Å². The number of aromatic hydroxyl groups is 2. The van der Waals surface area contributed by atoms with Gasteiger partial charge in [0.05, 0.1) is 5.41 Å². The number of allylic oxidation sites excluding steroid dienone is 8. The van der Waals surface area contributed by atoms with Gasteiger partial charge in [0, 0.05) is 5.56 Å². The molecule has 2 saturated carbocycles. The summed E-state index contributed by atoms with van der Waals surface area (Å²) in [6.07, 6.45) is 7.79. The Labute approximate surface area is 270 Å².